The third kappa shape index (κ3) is 4.80. The van der Waals surface area contributed by atoms with Gasteiger partial charge in [-0.3, -0.25) is 0 Å². The molecule has 0 N–H and O–H groups in total. The van der Waals surface area contributed by atoms with Gasteiger partial charge in [-0.25, -0.2) is 0 Å². The van der Waals surface area contributed by atoms with Gasteiger partial charge in [0.05, 0.1) is 12.7 Å². The molecule has 0 fully saturated rings. The molecule has 106 valence electrons. The summed E-state index contributed by atoms with van der Waals surface area (Å²) in [5.74, 6) is 0.887. The van der Waals surface area contributed by atoms with Crippen LogP contribution in [0.3, 0.4) is 0 Å². The molecule has 20 heavy (non-hydrogen) atoms. The zero-order chi connectivity index (χ0) is 14.2. The molecule has 2 rings (SSSR count). The van der Waals surface area contributed by atoms with E-state index >= 15 is 0 Å². The Kier molecular flexibility index (Phi) is 6.33. The maximum Gasteiger partial charge on any atom is 0.119 e. The molecule has 0 aliphatic heterocycles. The lowest BCUT2D eigenvalue weighted by atomic mass is 10.1. The highest BCUT2D eigenvalue weighted by atomic mass is 127. The van der Waals surface area contributed by atoms with Crippen LogP contribution < -0.4 is 4.74 Å². The number of para-hydroxylation sites is 1. The fourth-order valence-corrected chi connectivity index (χ4v) is 2.64. The lowest BCUT2D eigenvalue weighted by molar-refractivity contribution is 0.0483. The van der Waals surface area contributed by atoms with E-state index in [9.17, 15) is 0 Å². The van der Waals surface area contributed by atoms with Gasteiger partial charge in [-0.15, -0.1) is 0 Å². The molecular formula is C17H19IO2. The summed E-state index contributed by atoms with van der Waals surface area (Å²) in [5.41, 5.74) is 2.50. The zero-order valence-corrected chi connectivity index (χ0v) is 13.7. The maximum absolute atomic E-state index is 5.91. The van der Waals surface area contributed by atoms with Gasteiger partial charge in [0, 0.05) is 4.43 Å². The van der Waals surface area contributed by atoms with Crippen molar-refractivity contribution >= 4 is 22.6 Å². The summed E-state index contributed by atoms with van der Waals surface area (Å²) in [6.45, 7) is 3.26. The highest BCUT2D eigenvalue weighted by Crippen LogP contribution is 2.20. The summed E-state index contributed by atoms with van der Waals surface area (Å²) in [6, 6.07) is 18.3. The molecule has 2 aromatic rings. The molecule has 2 aromatic carbocycles. The van der Waals surface area contributed by atoms with Crippen LogP contribution >= 0.6 is 22.6 Å². The molecule has 0 heterocycles. The number of hydrogen-bond donors (Lipinski definition) is 0. The average Bonchev–Trinajstić information content (AvgIpc) is 2.50. The Balaban J connectivity index is 1.78. The van der Waals surface area contributed by atoms with Crippen molar-refractivity contribution in [2.75, 3.05) is 17.6 Å². The number of benzene rings is 2. The van der Waals surface area contributed by atoms with E-state index in [4.69, 9.17) is 9.47 Å². The molecule has 0 radical (unpaired) electrons. The molecule has 0 spiro atoms. The van der Waals surface area contributed by atoms with E-state index in [1.807, 2.05) is 30.3 Å². The van der Waals surface area contributed by atoms with E-state index in [0.29, 0.717) is 13.2 Å². The Morgan fingerprint density at radius 2 is 1.65 bits per heavy atom. The molecule has 2 nitrogen and oxygen atoms in total. The van der Waals surface area contributed by atoms with Crippen molar-refractivity contribution in [3.63, 3.8) is 0 Å². The molecule has 0 saturated carbocycles. The summed E-state index contributed by atoms with van der Waals surface area (Å²) in [4.78, 5) is 0. The van der Waals surface area contributed by atoms with Crippen molar-refractivity contribution in [3.8, 4) is 5.75 Å². The molecule has 0 aliphatic rings. The molecule has 0 aliphatic carbocycles. The van der Waals surface area contributed by atoms with Gasteiger partial charge in [-0.1, -0.05) is 70.6 Å². The molecule has 3 heteroatoms. The minimum Gasteiger partial charge on any atom is -0.491 e. The lowest BCUT2D eigenvalue weighted by Crippen LogP contribution is -2.12. The first-order valence-electron chi connectivity index (χ1n) is 6.71. The number of ether oxygens (including phenoxy) is 2. The second-order valence-corrected chi connectivity index (χ2v) is 5.47. The van der Waals surface area contributed by atoms with Gasteiger partial charge in [0.2, 0.25) is 0 Å². The molecule has 0 amide bonds. The van der Waals surface area contributed by atoms with Crippen LogP contribution in [0.1, 0.15) is 17.2 Å². The maximum atomic E-state index is 5.91. The minimum absolute atomic E-state index is 0.135. The Hall–Kier alpha value is -1.07. The van der Waals surface area contributed by atoms with Crippen LogP contribution in [0.5, 0.6) is 5.75 Å². The summed E-state index contributed by atoms with van der Waals surface area (Å²) >= 11 is 2.36. The van der Waals surface area contributed by atoms with Crippen LogP contribution in [0.2, 0.25) is 0 Å². The van der Waals surface area contributed by atoms with Crippen molar-refractivity contribution in [2.24, 2.45) is 0 Å². The third-order valence-electron chi connectivity index (χ3n) is 3.00. The van der Waals surface area contributed by atoms with Crippen LogP contribution in [0.25, 0.3) is 0 Å². The van der Waals surface area contributed by atoms with Gasteiger partial charge < -0.3 is 9.47 Å². The van der Waals surface area contributed by atoms with E-state index in [1.54, 1.807) is 0 Å². The van der Waals surface area contributed by atoms with Gasteiger partial charge in [0.1, 0.15) is 12.4 Å². The fourth-order valence-electron chi connectivity index (χ4n) is 1.88. The third-order valence-corrected chi connectivity index (χ3v) is 3.80. The topological polar surface area (TPSA) is 18.5 Å². The lowest BCUT2D eigenvalue weighted by Gasteiger charge is -2.16. The predicted molar refractivity (Wildman–Crippen MR) is 90.7 cm³/mol. The van der Waals surface area contributed by atoms with Crippen LogP contribution in [0.15, 0.2) is 54.6 Å². The fraction of sp³-hybridized carbons (Fsp3) is 0.294. The second kappa shape index (κ2) is 8.27. The first-order valence-corrected chi connectivity index (χ1v) is 8.24. The number of rotatable bonds is 7. The average molecular weight is 382 g/mol. The zero-order valence-electron chi connectivity index (χ0n) is 11.6. The molecule has 0 aromatic heterocycles. The van der Waals surface area contributed by atoms with Crippen LogP contribution in [-0.4, -0.2) is 17.6 Å². The largest absolute Gasteiger partial charge is 0.491 e. The van der Waals surface area contributed by atoms with Crippen molar-refractivity contribution in [1.29, 1.82) is 0 Å². The first-order chi connectivity index (χ1) is 9.79. The Bertz CT molecular complexity index is 496. The van der Waals surface area contributed by atoms with Gasteiger partial charge in [-0.05, 0) is 24.6 Å². The van der Waals surface area contributed by atoms with Crippen molar-refractivity contribution in [2.45, 2.75) is 13.0 Å². The summed E-state index contributed by atoms with van der Waals surface area (Å²) in [7, 11) is 0. The van der Waals surface area contributed by atoms with Crippen LogP contribution in [0, 0.1) is 6.92 Å². The predicted octanol–water partition coefficient (Wildman–Crippen LogP) is 4.57. The van der Waals surface area contributed by atoms with Gasteiger partial charge >= 0.3 is 0 Å². The summed E-state index contributed by atoms with van der Waals surface area (Å²) < 4.78 is 12.5. The van der Waals surface area contributed by atoms with Crippen LogP contribution in [-0.2, 0) is 4.74 Å². The van der Waals surface area contributed by atoms with E-state index < -0.39 is 0 Å². The SMILES string of the molecule is Cc1ccc(C(CI)OCCOc2ccccc2)cc1. The number of aryl methyl sites for hydroxylation is 1. The number of hydrogen-bond acceptors (Lipinski definition) is 2. The monoisotopic (exact) mass is 382 g/mol. The quantitative estimate of drug-likeness (QED) is 0.397. The number of alkyl halides is 1. The highest BCUT2D eigenvalue weighted by molar-refractivity contribution is 14.1. The molecule has 0 saturated heterocycles. The molecule has 1 atom stereocenters. The standard InChI is InChI=1S/C17H19IO2/c1-14-7-9-15(10-8-14)17(13-18)20-12-11-19-16-5-3-2-4-6-16/h2-10,17H,11-13H2,1H3. The smallest absolute Gasteiger partial charge is 0.119 e. The Morgan fingerprint density at radius 1 is 0.950 bits per heavy atom. The van der Waals surface area contributed by atoms with Gasteiger partial charge in [-0.2, -0.15) is 0 Å². The van der Waals surface area contributed by atoms with Gasteiger partial charge in [0.25, 0.3) is 0 Å². The normalized spacial score (nSPS) is 12.1. The Morgan fingerprint density at radius 3 is 2.30 bits per heavy atom. The van der Waals surface area contributed by atoms with E-state index in [-0.39, 0.29) is 6.10 Å². The summed E-state index contributed by atoms with van der Waals surface area (Å²) in [6.07, 6.45) is 0.135. The number of halogens is 1. The van der Waals surface area contributed by atoms with Crippen LogP contribution in [0.4, 0.5) is 0 Å². The van der Waals surface area contributed by atoms with Gasteiger partial charge in [0.15, 0.2) is 0 Å². The highest BCUT2D eigenvalue weighted by Gasteiger charge is 2.10. The van der Waals surface area contributed by atoms with E-state index in [1.165, 1.54) is 11.1 Å². The van der Waals surface area contributed by atoms with E-state index in [0.717, 1.165) is 10.2 Å². The molecule has 0 bridgehead atoms. The molecular weight excluding hydrogens is 363 g/mol. The molecule has 1 unspecified atom stereocenters. The minimum atomic E-state index is 0.135. The van der Waals surface area contributed by atoms with Crippen molar-refractivity contribution in [1.82, 2.24) is 0 Å². The second-order valence-electron chi connectivity index (χ2n) is 4.59. The first kappa shape index (κ1) is 15.3. The van der Waals surface area contributed by atoms with Crippen molar-refractivity contribution < 1.29 is 9.47 Å². The summed E-state index contributed by atoms with van der Waals surface area (Å²) in [5, 5.41) is 0. The Labute approximate surface area is 134 Å². The van der Waals surface area contributed by atoms with E-state index in [2.05, 4.69) is 53.8 Å². The van der Waals surface area contributed by atoms with Crippen molar-refractivity contribution in [3.05, 3.63) is 65.7 Å².